The predicted octanol–water partition coefficient (Wildman–Crippen LogP) is 2.68. The number of nitrogens with one attached hydrogen (secondary N) is 1. The van der Waals surface area contributed by atoms with Crippen LogP contribution < -0.4 is 10.6 Å². The molecule has 2 fully saturated rings. The number of piperidine rings is 1. The van der Waals surface area contributed by atoms with Crippen molar-refractivity contribution >= 4 is 22.3 Å². The van der Waals surface area contributed by atoms with Gasteiger partial charge in [-0.1, -0.05) is 11.3 Å². The van der Waals surface area contributed by atoms with Crippen molar-refractivity contribution in [1.29, 1.82) is 5.41 Å². The van der Waals surface area contributed by atoms with Crippen molar-refractivity contribution in [2.75, 3.05) is 11.4 Å². The monoisotopic (exact) mass is 264 g/mol. The lowest BCUT2D eigenvalue weighted by atomic mass is 10.0. The number of hydrogen-bond donors (Lipinski definition) is 2. The van der Waals surface area contributed by atoms with Crippen LogP contribution in [0.3, 0.4) is 0 Å². The van der Waals surface area contributed by atoms with Crippen molar-refractivity contribution in [1.82, 2.24) is 4.98 Å². The van der Waals surface area contributed by atoms with Crippen molar-refractivity contribution in [2.45, 2.75) is 51.0 Å². The number of amidine groups is 1. The summed E-state index contributed by atoms with van der Waals surface area (Å²) >= 11 is 1.61. The topological polar surface area (TPSA) is 66.0 Å². The molecule has 2 heterocycles. The van der Waals surface area contributed by atoms with Crippen LogP contribution in [0.4, 0.5) is 5.13 Å². The van der Waals surface area contributed by atoms with Crippen molar-refractivity contribution in [3.05, 3.63) is 10.6 Å². The number of hydrogen-bond acceptors (Lipinski definition) is 4. The van der Waals surface area contributed by atoms with Crippen LogP contribution in [-0.4, -0.2) is 23.4 Å². The zero-order chi connectivity index (χ0) is 12.7. The maximum atomic E-state index is 7.70. The quantitative estimate of drug-likeness (QED) is 0.651. The molecule has 0 aromatic carbocycles. The molecule has 1 aromatic heterocycles. The first kappa shape index (κ1) is 12.0. The summed E-state index contributed by atoms with van der Waals surface area (Å²) in [6.07, 6.45) is 6.22. The van der Waals surface area contributed by atoms with Crippen LogP contribution in [0.5, 0.6) is 0 Å². The number of aromatic nitrogens is 1. The normalized spacial score (nSPS) is 24.3. The molecule has 1 aliphatic carbocycles. The minimum atomic E-state index is 0.185. The maximum absolute atomic E-state index is 7.70. The summed E-state index contributed by atoms with van der Waals surface area (Å²) in [7, 11) is 0. The highest BCUT2D eigenvalue weighted by Crippen LogP contribution is 2.44. The van der Waals surface area contributed by atoms with E-state index in [0.29, 0.717) is 12.0 Å². The molecule has 1 saturated carbocycles. The lowest BCUT2D eigenvalue weighted by Crippen LogP contribution is -2.37. The molecule has 3 rings (SSSR count). The van der Waals surface area contributed by atoms with Crippen molar-refractivity contribution in [3.63, 3.8) is 0 Å². The molecule has 1 unspecified atom stereocenters. The summed E-state index contributed by atoms with van der Waals surface area (Å²) in [5.41, 5.74) is 6.78. The number of thiazole rings is 1. The van der Waals surface area contributed by atoms with Gasteiger partial charge in [-0.25, -0.2) is 4.98 Å². The van der Waals surface area contributed by atoms with Crippen LogP contribution in [0.2, 0.25) is 0 Å². The second kappa shape index (κ2) is 4.53. The number of anilines is 1. The molecular formula is C13H20N4S. The number of nitrogen functional groups attached to an aromatic ring is 1. The largest absolute Gasteiger partial charge is 0.383 e. The molecule has 18 heavy (non-hydrogen) atoms. The van der Waals surface area contributed by atoms with E-state index in [9.17, 15) is 0 Å². The van der Waals surface area contributed by atoms with Gasteiger partial charge in [-0.2, -0.15) is 0 Å². The van der Waals surface area contributed by atoms with E-state index in [0.717, 1.165) is 22.2 Å². The third-order valence-electron chi connectivity index (χ3n) is 3.90. The fourth-order valence-electron chi connectivity index (χ4n) is 2.65. The Balaban J connectivity index is 1.92. The fourth-order valence-corrected chi connectivity index (χ4v) is 3.79. The molecule has 5 heteroatoms. The lowest BCUT2D eigenvalue weighted by molar-refractivity contribution is 0.484. The van der Waals surface area contributed by atoms with Crippen molar-refractivity contribution < 1.29 is 0 Å². The Morgan fingerprint density at radius 3 is 2.78 bits per heavy atom. The lowest BCUT2D eigenvalue weighted by Gasteiger charge is -2.33. The molecule has 1 aromatic rings. The van der Waals surface area contributed by atoms with Crippen LogP contribution in [-0.2, 0) is 0 Å². The SMILES string of the molecule is CC1CCCCN1c1nc(C2CC2)c(C(=N)N)s1. The molecule has 4 nitrogen and oxygen atoms in total. The molecule has 2 aliphatic rings. The minimum Gasteiger partial charge on any atom is -0.383 e. The van der Waals surface area contributed by atoms with Gasteiger partial charge in [-0.3, -0.25) is 5.41 Å². The van der Waals surface area contributed by atoms with Gasteiger partial charge >= 0.3 is 0 Å². The van der Waals surface area contributed by atoms with E-state index in [-0.39, 0.29) is 5.84 Å². The average molecular weight is 264 g/mol. The highest BCUT2D eigenvalue weighted by Gasteiger charge is 2.32. The van der Waals surface area contributed by atoms with E-state index in [1.807, 2.05) is 0 Å². The van der Waals surface area contributed by atoms with E-state index in [1.54, 1.807) is 11.3 Å². The number of rotatable bonds is 3. The summed E-state index contributed by atoms with van der Waals surface area (Å²) < 4.78 is 0. The van der Waals surface area contributed by atoms with Crippen LogP contribution in [0, 0.1) is 5.41 Å². The smallest absolute Gasteiger partial charge is 0.186 e. The first-order chi connectivity index (χ1) is 8.66. The summed E-state index contributed by atoms with van der Waals surface area (Å²) in [4.78, 5) is 8.09. The summed E-state index contributed by atoms with van der Waals surface area (Å²) in [6, 6.07) is 0.566. The molecule has 0 radical (unpaired) electrons. The maximum Gasteiger partial charge on any atom is 0.186 e. The molecule has 0 bridgehead atoms. The van der Waals surface area contributed by atoms with Crippen molar-refractivity contribution in [2.24, 2.45) is 5.73 Å². The van der Waals surface area contributed by atoms with Gasteiger partial charge in [-0.15, -0.1) is 0 Å². The standard InChI is InChI=1S/C13H20N4S/c1-8-4-2-3-7-17(8)13-16-10(9-5-6-9)11(18-13)12(14)15/h8-9H,2-7H2,1H3,(H3,14,15). The first-order valence-corrected chi connectivity index (χ1v) is 7.60. The molecule has 1 aliphatic heterocycles. The number of nitrogens with zero attached hydrogens (tertiary/aromatic N) is 2. The van der Waals surface area contributed by atoms with Gasteiger partial charge in [-0.05, 0) is 39.0 Å². The third-order valence-corrected chi connectivity index (χ3v) is 5.04. The first-order valence-electron chi connectivity index (χ1n) is 6.78. The third kappa shape index (κ3) is 2.11. The highest BCUT2D eigenvalue weighted by molar-refractivity contribution is 7.17. The Bertz CT molecular complexity index is 464. The Labute approximate surface area is 112 Å². The number of nitrogens with two attached hydrogens (primary N) is 1. The van der Waals surface area contributed by atoms with E-state index in [4.69, 9.17) is 16.1 Å². The molecule has 98 valence electrons. The van der Waals surface area contributed by atoms with Gasteiger partial charge in [0, 0.05) is 18.5 Å². The molecule has 0 amide bonds. The zero-order valence-corrected chi connectivity index (χ0v) is 11.6. The summed E-state index contributed by atoms with van der Waals surface area (Å²) in [5, 5.41) is 8.78. The van der Waals surface area contributed by atoms with Crippen LogP contribution in [0.25, 0.3) is 0 Å². The minimum absolute atomic E-state index is 0.185. The van der Waals surface area contributed by atoms with E-state index < -0.39 is 0 Å². The van der Waals surface area contributed by atoms with Crippen LogP contribution in [0.15, 0.2) is 0 Å². The second-order valence-corrected chi connectivity index (χ2v) is 6.41. The molecule has 0 spiro atoms. The molecule has 1 saturated heterocycles. The predicted molar refractivity (Wildman–Crippen MR) is 75.8 cm³/mol. The van der Waals surface area contributed by atoms with Gasteiger partial charge in [0.15, 0.2) is 5.13 Å². The Morgan fingerprint density at radius 1 is 1.39 bits per heavy atom. The summed E-state index contributed by atoms with van der Waals surface area (Å²) in [6.45, 7) is 3.36. The average Bonchev–Trinajstić information content (AvgIpc) is 3.09. The van der Waals surface area contributed by atoms with Gasteiger partial charge < -0.3 is 10.6 Å². The summed E-state index contributed by atoms with van der Waals surface area (Å²) in [5.74, 6) is 0.749. The van der Waals surface area contributed by atoms with Gasteiger partial charge in [0.2, 0.25) is 0 Å². The van der Waals surface area contributed by atoms with Gasteiger partial charge in [0.25, 0.3) is 0 Å². The Kier molecular flexibility index (Phi) is 3.01. The highest BCUT2D eigenvalue weighted by atomic mass is 32.1. The Morgan fingerprint density at radius 2 is 2.17 bits per heavy atom. The van der Waals surface area contributed by atoms with E-state index in [2.05, 4.69) is 11.8 Å². The van der Waals surface area contributed by atoms with Gasteiger partial charge in [0.05, 0.1) is 10.6 Å². The van der Waals surface area contributed by atoms with Crippen LogP contribution >= 0.6 is 11.3 Å². The fraction of sp³-hybridized carbons (Fsp3) is 0.692. The van der Waals surface area contributed by atoms with Crippen LogP contribution in [0.1, 0.15) is 55.5 Å². The second-order valence-electron chi connectivity index (χ2n) is 5.44. The van der Waals surface area contributed by atoms with E-state index in [1.165, 1.54) is 32.1 Å². The molecule has 1 atom stereocenters. The van der Waals surface area contributed by atoms with Gasteiger partial charge in [0.1, 0.15) is 5.84 Å². The zero-order valence-electron chi connectivity index (χ0n) is 10.8. The molecular weight excluding hydrogens is 244 g/mol. The van der Waals surface area contributed by atoms with Crippen molar-refractivity contribution in [3.8, 4) is 0 Å². The Hall–Kier alpha value is -1.10. The molecule has 3 N–H and O–H groups in total. The van der Waals surface area contributed by atoms with E-state index >= 15 is 0 Å².